The van der Waals surface area contributed by atoms with Crippen LogP contribution in [-0.2, 0) is 16.1 Å². The average Bonchev–Trinajstić information content (AvgIpc) is 3.02. The van der Waals surface area contributed by atoms with E-state index in [2.05, 4.69) is 31.9 Å². The summed E-state index contributed by atoms with van der Waals surface area (Å²) in [5.41, 5.74) is -0.135. The van der Waals surface area contributed by atoms with Crippen LogP contribution in [-0.4, -0.2) is 42.3 Å². The van der Waals surface area contributed by atoms with E-state index >= 15 is 0 Å². The van der Waals surface area contributed by atoms with E-state index in [0.717, 1.165) is 10.0 Å². The van der Waals surface area contributed by atoms with E-state index in [1.165, 1.54) is 24.3 Å². The highest BCUT2D eigenvalue weighted by molar-refractivity contribution is 9.12. The van der Waals surface area contributed by atoms with Gasteiger partial charge in [0, 0.05) is 20.7 Å². The van der Waals surface area contributed by atoms with E-state index in [4.69, 9.17) is 11.6 Å². The zero-order valence-corrected chi connectivity index (χ0v) is 21.0. The van der Waals surface area contributed by atoms with Crippen LogP contribution in [0.15, 0.2) is 48.5 Å². The summed E-state index contributed by atoms with van der Waals surface area (Å²) in [7, 11) is 0. The number of imide groups is 1. The molecule has 0 spiro atoms. The smallest absolute Gasteiger partial charge is 0.272 e. The second-order valence-corrected chi connectivity index (χ2v) is 10.7. The molecule has 2 fully saturated rings. The first-order valence-electron chi connectivity index (χ1n) is 10.1. The molecule has 172 valence electrons. The lowest BCUT2D eigenvalue weighted by Gasteiger charge is -2.30. The van der Waals surface area contributed by atoms with Crippen molar-refractivity contribution in [3.63, 3.8) is 0 Å². The van der Waals surface area contributed by atoms with Crippen LogP contribution in [0.5, 0.6) is 0 Å². The second kappa shape index (κ2) is 9.52. The molecule has 0 aromatic heterocycles. The Labute approximate surface area is 211 Å². The summed E-state index contributed by atoms with van der Waals surface area (Å²) in [6, 6.07) is 12.2. The van der Waals surface area contributed by atoms with Gasteiger partial charge in [-0.3, -0.25) is 24.5 Å². The summed E-state index contributed by atoms with van der Waals surface area (Å²) in [5.74, 6) is -2.97. The molecule has 3 amide bonds. The molecule has 2 aromatic carbocycles. The fourth-order valence-corrected chi connectivity index (χ4v) is 5.72. The van der Waals surface area contributed by atoms with Gasteiger partial charge in [0.15, 0.2) is 0 Å². The highest BCUT2D eigenvalue weighted by Crippen LogP contribution is 2.44. The van der Waals surface area contributed by atoms with E-state index in [-0.39, 0.29) is 21.8 Å². The fraction of sp³-hybridized carbons (Fsp3) is 0.318. The molecule has 1 aliphatic carbocycles. The summed E-state index contributed by atoms with van der Waals surface area (Å²) >= 11 is 13.4. The number of fused-ring (bicyclic) bond motifs is 1. The van der Waals surface area contributed by atoms with Gasteiger partial charge in [-0.1, -0.05) is 73.8 Å². The molecule has 4 atom stereocenters. The van der Waals surface area contributed by atoms with Gasteiger partial charge in [0.05, 0.1) is 23.3 Å². The normalized spacial score (nSPS) is 24.5. The van der Waals surface area contributed by atoms with Gasteiger partial charge in [0.1, 0.15) is 5.56 Å². The van der Waals surface area contributed by atoms with Crippen molar-refractivity contribution in [2.75, 3.05) is 0 Å². The quantitative estimate of drug-likeness (QED) is 0.214. The number of hydrogen-bond acceptors (Lipinski definition) is 5. The minimum absolute atomic E-state index is 0.00150. The molecular weight excluding hydrogens is 582 g/mol. The molecule has 11 heteroatoms. The molecule has 1 saturated heterocycles. The van der Waals surface area contributed by atoms with Crippen LogP contribution in [0.2, 0.25) is 5.02 Å². The third-order valence-corrected chi connectivity index (χ3v) is 9.08. The van der Waals surface area contributed by atoms with Crippen molar-refractivity contribution in [1.82, 2.24) is 10.0 Å². The van der Waals surface area contributed by atoms with Crippen molar-refractivity contribution in [3.05, 3.63) is 74.8 Å². The molecule has 1 saturated carbocycles. The van der Waals surface area contributed by atoms with Gasteiger partial charge >= 0.3 is 0 Å². The number of nitro groups is 1. The number of hydrazine groups is 1. The number of benzene rings is 2. The van der Waals surface area contributed by atoms with Gasteiger partial charge < -0.3 is 0 Å². The molecule has 4 rings (SSSR count). The van der Waals surface area contributed by atoms with Gasteiger partial charge in [0.2, 0.25) is 0 Å². The molecule has 0 N–H and O–H groups in total. The Bertz CT molecular complexity index is 1120. The summed E-state index contributed by atoms with van der Waals surface area (Å²) in [5, 5.41) is 13.7. The first-order chi connectivity index (χ1) is 15.7. The van der Waals surface area contributed by atoms with Crippen LogP contribution in [0.3, 0.4) is 0 Å². The number of carbonyl (C=O) groups excluding carboxylic acids is 3. The second-order valence-electron chi connectivity index (χ2n) is 7.93. The third kappa shape index (κ3) is 4.43. The Morgan fingerprint density at radius 3 is 2.15 bits per heavy atom. The molecule has 1 heterocycles. The molecular formula is C22H18Br2ClN3O5. The highest BCUT2D eigenvalue weighted by atomic mass is 79.9. The number of nitrogens with zero attached hydrogens (tertiary/aromatic N) is 3. The zero-order valence-electron chi connectivity index (χ0n) is 17.1. The maximum absolute atomic E-state index is 13.6. The Kier molecular flexibility index (Phi) is 6.88. The van der Waals surface area contributed by atoms with Crippen LogP contribution < -0.4 is 0 Å². The van der Waals surface area contributed by atoms with Crippen molar-refractivity contribution in [3.8, 4) is 0 Å². The number of amides is 3. The van der Waals surface area contributed by atoms with E-state index in [1.54, 1.807) is 24.3 Å². The number of hydrogen-bond donors (Lipinski definition) is 0. The Morgan fingerprint density at radius 2 is 1.58 bits per heavy atom. The van der Waals surface area contributed by atoms with Crippen molar-refractivity contribution < 1.29 is 19.3 Å². The van der Waals surface area contributed by atoms with E-state index in [0.29, 0.717) is 23.4 Å². The lowest BCUT2D eigenvalue weighted by Crippen LogP contribution is -2.50. The molecule has 8 nitrogen and oxygen atoms in total. The number of alkyl halides is 2. The summed E-state index contributed by atoms with van der Waals surface area (Å²) in [6.07, 6.45) is 0.864. The molecule has 0 bridgehead atoms. The molecule has 2 aliphatic rings. The topological polar surface area (TPSA) is 101 Å². The number of halogens is 3. The minimum Gasteiger partial charge on any atom is -0.272 e. The van der Waals surface area contributed by atoms with Gasteiger partial charge in [-0.05, 0) is 30.5 Å². The largest absolute Gasteiger partial charge is 0.282 e. The number of para-hydroxylation sites is 1. The Balaban J connectivity index is 1.78. The van der Waals surface area contributed by atoms with Crippen LogP contribution in [0.1, 0.15) is 28.8 Å². The summed E-state index contributed by atoms with van der Waals surface area (Å²) < 4.78 is 0. The van der Waals surface area contributed by atoms with Gasteiger partial charge in [0.25, 0.3) is 23.4 Å². The Morgan fingerprint density at radius 1 is 1.03 bits per heavy atom. The first kappa shape index (κ1) is 23.8. The maximum atomic E-state index is 13.6. The molecule has 0 unspecified atom stereocenters. The zero-order chi connectivity index (χ0) is 23.9. The lowest BCUT2D eigenvalue weighted by molar-refractivity contribution is -0.385. The SMILES string of the molecule is O=C(c1ccccc1[N+](=O)[O-])N(Cc1ccccc1Cl)N1C(=O)[C@@H]2C[C@H](Br)[C@@H](Br)C[C@H]2C1=O. The lowest BCUT2D eigenvalue weighted by atomic mass is 9.81. The number of nitro benzene ring substituents is 1. The van der Waals surface area contributed by atoms with Gasteiger partial charge in [-0.25, -0.2) is 5.01 Å². The molecule has 33 heavy (non-hydrogen) atoms. The predicted octanol–water partition coefficient (Wildman–Crippen LogP) is 4.73. The highest BCUT2D eigenvalue weighted by Gasteiger charge is 2.54. The average molecular weight is 600 g/mol. The standard InChI is InChI=1S/C22H18Br2ClN3O5/c23-16-9-14-15(10-17(16)24)22(31)27(21(14)30)26(11-12-5-1-3-7-18(12)25)20(29)13-6-2-4-8-19(13)28(32)33/h1-8,14-17H,9-11H2/t14-,15-,16+,17+/m1/s1. The van der Waals surface area contributed by atoms with Crippen molar-refractivity contribution >= 4 is 66.9 Å². The van der Waals surface area contributed by atoms with Crippen LogP contribution in [0.25, 0.3) is 0 Å². The predicted molar refractivity (Wildman–Crippen MR) is 128 cm³/mol. The minimum atomic E-state index is -0.826. The maximum Gasteiger partial charge on any atom is 0.282 e. The Hall–Kier alpha value is -2.30. The first-order valence-corrected chi connectivity index (χ1v) is 12.4. The van der Waals surface area contributed by atoms with Crippen LogP contribution >= 0.6 is 43.5 Å². The monoisotopic (exact) mass is 597 g/mol. The van der Waals surface area contributed by atoms with E-state index in [1.807, 2.05) is 0 Å². The molecule has 0 radical (unpaired) electrons. The number of rotatable bonds is 5. The van der Waals surface area contributed by atoms with Crippen molar-refractivity contribution in [2.45, 2.75) is 29.0 Å². The summed E-state index contributed by atoms with van der Waals surface area (Å²) in [6.45, 7) is -0.197. The van der Waals surface area contributed by atoms with Gasteiger partial charge in [-0.2, -0.15) is 5.01 Å². The fourth-order valence-electron chi connectivity index (χ4n) is 4.29. The van der Waals surface area contributed by atoms with Crippen LogP contribution in [0.4, 0.5) is 5.69 Å². The number of carbonyl (C=O) groups is 3. The summed E-state index contributed by atoms with van der Waals surface area (Å²) in [4.78, 5) is 51.2. The van der Waals surface area contributed by atoms with Crippen molar-refractivity contribution in [1.29, 1.82) is 0 Å². The van der Waals surface area contributed by atoms with E-state index in [9.17, 15) is 24.5 Å². The van der Waals surface area contributed by atoms with Crippen molar-refractivity contribution in [2.24, 2.45) is 11.8 Å². The van der Waals surface area contributed by atoms with Gasteiger partial charge in [-0.15, -0.1) is 0 Å². The molecule has 1 aliphatic heterocycles. The van der Waals surface area contributed by atoms with E-state index < -0.39 is 40.2 Å². The molecule has 2 aromatic rings. The van der Waals surface area contributed by atoms with Crippen LogP contribution in [0, 0.1) is 22.0 Å². The third-order valence-electron chi connectivity index (χ3n) is 5.97.